The Kier molecular flexibility index (Phi) is 52.4. The van der Waals surface area contributed by atoms with E-state index in [2.05, 4.69) is 74.7 Å². The first-order valence-corrected chi connectivity index (χ1v) is 32.6. The molecule has 3 atom stereocenters. The minimum atomic E-state index is -4.70. The lowest BCUT2D eigenvalue weighted by Gasteiger charge is -2.30. The first-order valence-electron chi connectivity index (χ1n) is 31.1. The van der Waals surface area contributed by atoms with Crippen LogP contribution in [0.2, 0.25) is 0 Å². The predicted octanol–water partition coefficient (Wildman–Crippen LogP) is 18.4. The molecule has 0 aliphatic carbocycles. The summed E-state index contributed by atoms with van der Waals surface area (Å²) in [7, 11) is 1.18. The molecule has 74 heavy (non-hydrogen) atoms. The lowest BCUT2D eigenvalue weighted by atomic mass is 10.0. The van der Waals surface area contributed by atoms with Crippen molar-refractivity contribution in [2.75, 3.05) is 40.9 Å². The number of unbranched alkanes of at least 4 members (excludes halogenated alkanes) is 32. The zero-order chi connectivity index (χ0) is 54.3. The van der Waals surface area contributed by atoms with Gasteiger partial charge in [-0.25, -0.2) is 0 Å². The summed E-state index contributed by atoms with van der Waals surface area (Å²) < 4.78 is 30.3. The van der Waals surface area contributed by atoms with Gasteiger partial charge in [-0.05, 0) is 89.5 Å². The third kappa shape index (κ3) is 54.5. The summed E-state index contributed by atoms with van der Waals surface area (Å²) in [4.78, 5) is 39.9. The molecule has 432 valence electrons. The van der Waals surface area contributed by atoms with Crippen LogP contribution in [-0.2, 0) is 27.9 Å². The average Bonchev–Trinajstić information content (AvgIpc) is 3.36. The maximum atomic E-state index is 13.5. The van der Waals surface area contributed by atoms with Gasteiger partial charge in [0.1, 0.15) is 19.3 Å². The highest BCUT2D eigenvalue weighted by atomic mass is 31.2. The number of carbonyl (C=O) groups excluding carboxylic acids is 2. The number of phosphoric ester groups is 1. The standard InChI is InChI=1S/C64H119N2O7P/c1-7-10-13-16-19-22-25-27-29-30-31-32-33-34-35-36-37-38-41-44-47-50-53-56-63(67)65-61(60-72-74(69,70)71-59-58-66(4,5)6)62(55-52-49-46-43-40-24-21-18-15-12-9-3)73-64(68)57-54-51-48-45-42-39-28-26-23-20-17-14-11-8-2/h11,14,19-20,22-23,27,29,52,55,61-62H,7-10,12-13,15-18,21,24-26,28,30-51,53-54,56-60H2,1-6H3,(H-,65,67,69,70)/b14-11+,22-19-,23-20+,29-27-,55-52-. The third-order valence-corrected chi connectivity index (χ3v) is 14.6. The van der Waals surface area contributed by atoms with Gasteiger partial charge in [-0.1, -0.05) is 242 Å². The van der Waals surface area contributed by atoms with Crippen molar-refractivity contribution in [3.8, 4) is 0 Å². The summed E-state index contributed by atoms with van der Waals surface area (Å²) in [6, 6.07) is -0.891. The van der Waals surface area contributed by atoms with Crippen LogP contribution in [-0.4, -0.2) is 69.4 Å². The highest BCUT2D eigenvalue weighted by molar-refractivity contribution is 7.45. The van der Waals surface area contributed by atoms with E-state index < -0.39 is 26.6 Å². The molecule has 0 aliphatic rings. The first kappa shape index (κ1) is 71.7. The molecule has 0 bridgehead atoms. The van der Waals surface area contributed by atoms with Crippen molar-refractivity contribution in [2.45, 2.75) is 296 Å². The van der Waals surface area contributed by atoms with Crippen molar-refractivity contribution in [1.82, 2.24) is 5.32 Å². The number of quaternary nitrogens is 1. The lowest BCUT2D eigenvalue weighted by molar-refractivity contribution is -0.870. The molecule has 1 N–H and O–H groups in total. The molecular weight excluding hydrogens is 940 g/mol. The van der Waals surface area contributed by atoms with E-state index in [0.717, 1.165) is 89.9 Å². The van der Waals surface area contributed by atoms with Gasteiger partial charge in [0.15, 0.2) is 0 Å². The Labute approximate surface area is 458 Å². The Morgan fingerprint density at radius 3 is 1.31 bits per heavy atom. The van der Waals surface area contributed by atoms with Crippen molar-refractivity contribution >= 4 is 19.7 Å². The summed E-state index contributed by atoms with van der Waals surface area (Å²) in [6.45, 7) is 6.72. The number of allylic oxidation sites excluding steroid dienone is 9. The fraction of sp³-hybridized carbons (Fsp3) is 0.812. The van der Waals surface area contributed by atoms with Crippen LogP contribution in [0.4, 0.5) is 0 Å². The van der Waals surface area contributed by atoms with E-state index in [1.807, 2.05) is 33.3 Å². The number of esters is 1. The van der Waals surface area contributed by atoms with Crippen molar-refractivity contribution in [1.29, 1.82) is 0 Å². The molecule has 9 nitrogen and oxygen atoms in total. The van der Waals surface area contributed by atoms with Crippen molar-refractivity contribution in [3.05, 3.63) is 60.8 Å². The van der Waals surface area contributed by atoms with Crippen LogP contribution >= 0.6 is 7.82 Å². The van der Waals surface area contributed by atoms with Crippen LogP contribution in [0.15, 0.2) is 60.8 Å². The number of likely N-dealkylation sites (N-methyl/N-ethyl adjacent to an activating group) is 1. The number of ether oxygens (including phenoxy) is 1. The highest BCUT2D eigenvalue weighted by Gasteiger charge is 2.27. The first-order chi connectivity index (χ1) is 35.9. The highest BCUT2D eigenvalue weighted by Crippen LogP contribution is 2.38. The number of hydrogen-bond donors (Lipinski definition) is 1. The fourth-order valence-corrected chi connectivity index (χ4v) is 9.61. The molecule has 0 aromatic heterocycles. The number of amides is 1. The Balaban J connectivity index is 5.12. The van der Waals surface area contributed by atoms with E-state index in [-0.39, 0.29) is 24.9 Å². The fourth-order valence-electron chi connectivity index (χ4n) is 8.88. The third-order valence-electron chi connectivity index (χ3n) is 13.7. The quantitative estimate of drug-likeness (QED) is 0.0212. The van der Waals surface area contributed by atoms with Gasteiger partial charge in [0.2, 0.25) is 5.91 Å². The van der Waals surface area contributed by atoms with Crippen molar-refractivity contribution in [3.63, 3.8) is 0 Å². The number of rotatable bonds is 56. The van der Waals surface area contributed by atoms with Crippen molar-refractivity contribution in [2.24, 2.45) is 0 Å². The zero-order valence-electron chi connectivity index (χ0n) is 49.3. The van der Waals surface area contributed by atoms with Crippen LogP contribution < -0.4 is 10.2 Å². The van der Waals surface area contributed by atoms with Gasteiger partial charge in [-0.3, -0.25) is 14.2 Å². The zero-order valence-corrected chi connectivity index (χ0v) is 50.2. The van der Waals surface area contributed by atoms with E-state index in [4.69, 9.17) is 13.8 Å². The van der Waals surface area contributed by atoms with Gasteiger partial charge < -0.3 is 28.5 Å². The van der Waals surface area contributed by atoms with Crippen LogP contribution in [0.3, 0.4) is 0 Å². The maximum absolute atomic E-state index is 13.5. The summed E-state index contributed by atoms with van der Waals surface area (Å²) in [5.41, 5.74) is 0. The smallest absolute Gasteiger partial charge is 0.306 e. The SMILES string of the molecule is CC/C=C/C/C=C/CCCCCCCCCC(=O)OC(/C=C\CCCCCCCCCCC)C(COP(=O)([O-])OCC[N+](C)(C)C)NC(=O)CCCCCCCCCCCCCCC/C=C\C/C=C\CCCCC. The molecule has 3 unspecified atom stereocenters. The van der Waals surface area contributed by atoms with Crippen LogP contribution in [0.1, 0.15) is 284 Å². The maximum Gasteiger partial charge on any atom is 0.306 e. The Morgan fingerprint density at radius 2 is 0.865 bits per heavy atom. The van der Waals surface area contributed by atoms with Gasteiger partial charge in [0, 0.05) is 12.8 Å². The summed E-state index contributed by atoms with van der Waals surface area (Å²) in [5, 5.41) is 3.03. The molecule has 0 radical (unpaired) electrons. The molecule has 0 saturated carbocycles. The minimum Gasteiger partial charge on any atom is -0.756 e. The number of phosphoric acid groups is 1. The molecule has 0 rings (SSSR count). The molecule has 0 aromatic rings. The van der Waals surface area contributed by atoms with E-state index in [1.54, 1.807) is 0 Å². The van der Waals surface area contributed by atoms with Crippen LogP contribution in [0, 0.1) is 0 Å². The van der Waals surface area contributed by atoms with Crippen LogP contribution in [0.25, 0.3) is 0 Å². The molecular formula is C64H119N2O7P. The normalized spacial score (nSPS) is 14.1. The second kappa shape index (κ2) is 54.1. The second-order valence-corrected chi connectivity index (χ2v) is 23.6. The summed E-state index contributed by atoms with van der Waals surface area (Å²) in [6.07, 6.45) is 67.6. The number of nitrogens with one attached hydrogen (secondary N) is 1. The van der Waals surface area contributed by atoms with Gasteiger partial charge >= 0.3 is 5.97 Å². The molecule has 10 heteroatoms. The molecule has 0 aromatic carbocycles. The van der Waals surface area contributed by atoms with E-state index in [9.17, 15) is 19.0 Å². The van der Waals surface area contributed by atoms with Gasteiger partial charge in [-0.15, -0.1) is 0 Å². The van der Waals surface area contributed by atoms with E-state index in [1.165, 1.54) is 161 Å². The van der Waals surface area contributed by atoms with Crippen molar-refractivity contribution < 1.29 is 37.3 Å². The predicted molar refractivity (Wildman–Crippen MR) is 316 cm³/mol. The molecule has 0 aliphatic heterocycles. The molecule has 1 amide bonds. The van der Waals surface area contributed by atoms with Gasteiger partial charge in [0.25, 0.3) is 7.82 Å². The largest absolute Gasteiger partial charge is 0.756 e. The second-order valence-electron chi connectivity index (χ2n) is 22.2. The lowest BCUT2D eigenvalue weighted by Crippen LogP contribution is -2.47. The van der Waals surface area contributed by atoms with E-state index >= 15 is 0 Å². The van der Waals surface area contributed by atoms with E-state index in [0.29, 0.717) is 17.4 Å². The average molecular weight is 1060 g/mol. The van der Waals surface area contributed by atoms with Gasteiger partial charge in [-0.2, -0.15) is 0 Å². The Bertz CT molecular complexity index is 1450. The Hall–Kier alpha value is -2.29. The molecule has 0 fully saturated rings. The minimum absolute atomic E-state index is 0.0244. The summed E-state index contributed by atoms with van der Waals surface area (Å²) in [5.74, 6) is -0.547. The van der Waals surface area contributed by atoms with Gasteiger partial charge in [0.05, 0.1) is 33.8 Å². The number of hydrogen-bond acceptors (Lipinski definition) is 7. The Morgan fingerprint density at radius 1 is 0.486 bits per heavy atom. The molecule has 0 saturated heterocycles. The molecule has 0 spiro atoms. The van der Waals surface area contributed by atoms with Crippen LogP contribution in [0.5, 0.6) is 0 Å². The monoisotopic (exact) mass is 1060 g/mol. The number of carbonyl (C=O) groups is 2. The number of nitrogens with zero attached hydrogens (tertiary/aromatic N) is 1. The summed E-state index contributed by atoms with van der Waals surface area (Å²) >= 11 is 0. The topological polar surface area (TPSA) is 114 Å². The molecule has 0 heterocycles.